The zero-order chi connectivity index (χ0) is 27.1. The molecule has 0 aliphatic carbocycles. The Kier molecular flexibility index (Phi) is 6.29. The molecule has 0 saturated carbocycles. The number of carbonyl (C=O) groups is 1. The predicted octanol–water partition coefficient (Wildman–Crippen LogP) is 4.22. The average Bonchev–Trinajstić information content (AvgIpc) is 3.11. The lowest BCUT2D eigenvalue weighted by molar-refractivity contribution is -0.384. The molecule has 0 amide bonds. The third-order valence-electron chi connectivity index (χ3n) is 5.36. The molecule has 37 heavy (non-hydrogen) atoms. The number of carbonyl (C=O) groups excluding carboxylic acids is 1. The number of benzene rings is 2. The summed E-state index contributed by atoms with van der Waals surface area (Å²) >= 11 is 0. The first-order valence-corrected chi connectivity index (χ1v) is 10.4. The number of nitrogens with zero attached hydrogens (tertiary/aromatic N) is 4. The zero-order valence-electron chi connectivity index (χ0n) is 19.3. The van der Waals surface area contributed by atoms with Gasteiger partial charge in [0.25, 0.3) is 0 Å². The van der Waals surface area contributed by atoms with E-state index in [4.69, 9.17) is 4.42 Å². The molecule has 12 nitrogen and oxygen atoms in total. The van der Waals surface area contributed by atoms with Gasteiger partial charge in [0.1, 0.15) is 11.7 Å². The quantitative estimate of drug-likeness (QED) is 0.280. The second kappa shape index (κ2) is 9.25. The van der Waals surface area contributed by atoms with E-state index >= 15 is 0 Å². The lowest BCUT2D eigenvalue weighted by Crippen LogP contribution is -2.36. The van der Waals surface area contributed by atoms with Crippen LogP contribution < -0.4 is 21.2 Å². The molecule has 0 spiro atoms. The SMILES string of the molecule is Cc1cc(Nc2ncc([N+](=O)[O-])c(Nc3ccc4oc(=O)n(OC(=O)C(F)(F)F)c4c3)n2)cc(C)c1C. The number of anilines is 4. The van der Waals surface area contributed by atoms with Gasteiger partial charge in [-0.05, 0) is 67.8 Å². The fourth-order valence-corrected chi connectivity index (χ4v) is 3.33. The Morgan fingerprint density at radius 2 is 1.78 bits per heavy atom. The van der Waals surface area contributed by atoms with Gasteiger partial charge in [0.2, 0.25) is 11.8 Å². The Hall–Kier alpha value is -4.95. The number of nitro groups is 1. The van der Waals surface area contributed by atoms with Crippen molar-refractivity contribution in [2.45, 2.75) is 26.9 Å². The van der Waals surface area contributed by atoms with Crippen LogP contribution in [-0.4, -0.2) is 31.8 Å². The number of hydrogen-bond donors (Lipinski definition) is 2. The largest absolute Gasteiger partial charge is 0.493 e. The molecule has 0 radical (unpaired) electrons. The highest BCUT2D eigenvalue weighted by Gasteiger charge is 2.42. The molecule has 192 valence electrons. The summed E-state index contributed by atoms with van der Waals surface area (Å²) in [6.45, 7) is 5.82. The summed E-state index contributed by atoms with van der Waals surface area (Å²) in [5.74, 6) is -4.25. The first kappa shape index (κ1) is 25.2. The van der Waals surface area contributed by atoms with E-state index in [1.54, 1.807) is 0 Å². The van der Waals surface area contributed by atoms with Gasteiger partial charge in [0, 0.05) is 11.4 Å². The van der Waals surface area contributed by atoms with Gasteiger partial charge in [0.05, 0.1) is 4.92 Å². The average molecular weight is 518 g/mol. The minimum absolute atomic E-state index is 0.0242. The van der Waals surface area contributed by atoms with E-state index in [2.05, 4.69) is 25.4 Å². The van der Waals surface area contributed by atoms with E-state index in [1.165, 1.54) is 12.1 Å². The molecular weight excluding hydrogens is 501 g/mol. The molecule has 0 aliphatic heterocycles. The Bertz CT molecular complexity index is 1590. The van der Waals surface area contributed by atoms with Crippen LogP contribution in [0.4, 0.5) is 42.0 Å². The maximum absolute atomic E-state index is 12.6. The lowest BCUT2D eigenvalue weighted by Gasteiger charge is -2.12. The van der Waals surface area contributed by atoms with Gasteiger partial charge in [-0.25, -0.2) is 14.6 Å². The number of fused-ring (bicyclic) bond motifs is 1. The molecule has 2 aromatic heterocycles. The van der Waals surface area contributed by atoms with Gasteiger partial charge in [-0.3, -0.25) is 10.1 Å². The van der Waals surface area contributed by atoms with E-state index in [0.29, 0.717) is 5.69 Å². The fraction of sp³-hybridized carbons (Fsp3) is 0.182. The van der Waals surface area contributed by atoms with Crippen LogP contribution in [0.2, 0.25) is 0 Å². The first-order valence-electron chi connectivity index (χ1n) is 10.4. The van der Waals surface area contributed by atoms with Crippen molar-refractivity contribution in [3.63, 3.8) is 0 Å². The number of aryl methyl sites for hydroxylation is 2. The van der Waals surface area contributed by atoms with Crippen molar-refractivity contribution in [2.75, 3.05) is 10.6 Å². The second-order valence-electron chi connectivity index (χ2n) is 7.89. The van der Waals surface area contributed by atoms with Crippen LogP contribution in [0, 0.1) is 30.9 Å². The van der Waals surface area contributed by atoms with Gasteiger partial charge >= 0.3 is 23.6 Å². The van der Waals surface area contributed by atoms with Gasteiger partial charge in [-0.2, -0.15) is 18.2 Å². The molecule has 2 N–H and O–H groups in total. The van der Waals surface area contributed by atoms with Gasteiger partial charge in [-0.15, -0.1) is 0 Å². The van der Waals surface area contributed by atoms with Crippen molar-refractivity contribution in [3.8, 4) is 0 Å². The topological polar surface area (TPSA) is 154 Å². The van der Waals surface area contributed by atoms with Crippen molar-refractivity contribution in [3.05, 3.63) is 73.9 Å². The lowest BCUT2D eigenvalue weighted by atomic mass is 10.0. The highest BCUT2D eigenvalue weighted by atomic mass is 19.4. The van der Waals surface area contributed by atoms with Crippen LogP contribution in [0.25, 0.3) is 11.1 Å². The number of aromatic nitrogens is 3. The summed E-state index contributed by atoms with van der Waals surface area (Å²) in [7, 11) is 0. The normalized spacial score (nSPS) is 11.4. The van der Waals surface area contributed by atoms with Crippen LogP contribution in [0.1, 0.15) is 16.7 Å². The standard InChI is InChI=1S/C22H17F3N6O6/c1-10-6-14(7-11(2)12(10)3)28-20-26-9-16(31(34)35)18(29-20)27-13-4-5-17-15(8-13)30(21(33)36-17)37-19(32)22(23,24)25/h4-9H,1-3H3,(H2,26,27,28,29). The van der Waals surface area contributed by atoms with Crippen molar-refractivity contribution in [1.29, 1.82) is 0 Å². The second-order valence-corrected chi connectivity index (χ2v) is 7.89. The van der Waals surface area contributed by atoms with Crippen molar-refractivity contribution in [1.82, 2.24) is 14.7 Å². The molecule has 0 aliphatic rings. The van der Waals surface area contributed by atoms with Crippen molar-refractivity contribution in [2.24, 2.45) is 0 Å². The number of nitrogens with one attached hydrogen (secondary N) is 2. The predicted molar refractivity (Wildman–Crippen MR) is 124 cm³/mol. The van der Waals surface area contributed by atoms with Gasteiger partial charge < -0.3 is 19.9 Å². The Balaban J connectivity index is 1.69. The molecule has 0 unspecified atom stereocenters. The molecule has 4 rings (SSSR count). The summed E-state index contributed by atoms with van der Waals surface area (Å²) in [6, 6.07) is 7.33. The molecule has 0 saturated heterocycles. The number of halogens is 3. The zero-order valence-corrected chi connectivity index (χ0v) is 19.3. The summed E-state index contributed by atoms with van der Waals surface area (Å²) in [5, 5.41) is 17.2. The fourth-order valence-electron chi connectivity index (χ4n) is 3.33. The van der Waals surface area contributed by atoms with Crippen LogP contribution in [0.3, 0.4) is 0 Å². The third-order valence-corrected chi connectivity index (χ3v) is 5.36. The Labute approximate surface area is 204 Å². The summed E-state index contributed by atoms with van der Waals surface area (Å²) < 4.78 is 42.6. The monoisotopic (exact) mass is 518 g/mol. The Morgan fingerprint density at radius 3 is 2.41 bits per heavy atom. The minimum Gasteiger partial charge on any atom is -0.405 e. The third kappa shape index (κ3) is 5.19. The van der Waals surface area contributed by atoms with Gasteiger partial charge in [-0.1, -0.05) is 4.73 Å². The van der Waals surface area contributed by atoms with E-state index in [0.717, 1.165) is 29.0 Å². The number of hydrogen-bond acceptors (Lipinski definition) is 10. The number of rotatable bonds is 6. The number of oxazole rings is 1. The maximum Gasteiger partial charge on any atom is 0.493 e. The van der Waals surface area contributed by atoms with Crippen molar-refractivity contribution < 1.29 is 32.1 Å². The van der Waals surface area contributed by atoms with Crippen LogP contribution >= 0.6 is 0 Å². The molecule has 15 heteroatoms. The minimum atomic E-state index is -5.36. The molecular formula is C22H17F3N6O6. The molecule has 0 fully saturated rings. The highest BCUT2D eigenvalue weighted by Crippen LogP contribution is 2.29. The van der Waals surface area contributed by atoms with Crippen LogP contribution in [-0.2, 0) is 4.79 Å². The van der Waals surface area contributed by atoms with E-state index in [-0.39, 0.29) is 33.3 Å². The smallest absolute Gasteiger partial charge is 0.405 e. The number of alkyl halides is 3. The summed E-state index contributed by atoms with van der Waals surface area (Å²) in [5.41, 5.74) is 2.78. The summed E-state index contributed by atoms with van der Waals surface area (Å²) in [4.78, 5) is 46.2. The van der Waals surface area contributed by atoms with Crippen molar-refractivity contribution >= 4 is 45.9 Å². The molecule has 4 aromatic rings. The molecule has 2 heterocycles. The molecule has 0 bridgehead atoms. The van der Waals surface area contributed by atoms with Crippen LogP contribution in [0.5, 0.6) is 0 Å². The van der Waals surface area contributed by atoms with Gasteiger partial charge in [0.15, 0.2) is 5.58 Å². The molecule has 2 aromatic carbocycles. The Morgan fingerprint density at radius 1 is 1.11 bits per heavy atom. The molecule has 0 atom stereocenters. The van der Waals surface area contributed by atoms with E-state index in [1.807, 2.05) is 32.9 Å². The van der Waals surface area contributed by atoms with Crippen LogP contribution in [0.15, 0.2) is 45.7 Å². The first-order chi connectivity index (χ1) is 17.3. The maximum atomic E-state index is 12.6. The highest BCUT2D eigenvalue weighted by molar-refractivity contribution is 5.81. The van der Waals surface area contributed by atoms with E-state index < -0.39 is 28.5 Å². The van der Waals surface area contributed by atoms with E-state index in [9.17, 15) is 32.9 Å². The summed E-state index contributed by atoms with van der Waals surface area (Å²) in [6.07, 6.45) is -4.39.